The molecule has 1 aromatic rings. The van der Waals surface area contributed by atoms with E-state index in [1.54, 1.807) is 24.3 Å². The zero-order valence-electron chi connectivity index (χ0n) is 22.3. The normalized spacial score (nSPS) is 22.0. The van der Waals surface area contributed by atoms with Gasteiger partial charge in [0, 0.05) is 24.6 Å². The largest absolute Gasteiger partial charge is 0.492 e. The van der Waals surface area contributed by atoms with E-state index in [-0.39, 0.29) is 18.6 Å². The maximum Gasteiger partial charge on any atom is 0.231 e. The number of hydrogen-bond acceptors (Lipinski definition) is 5. The zero-order valence-corrected chi connectivity index (χ0v) is 22.3. The van der Waals surface area contributed by atoms with Crippen LogP contribution in [-0.4, -0.2) is 38.2 Å². The molecule has 0 saturated carbocycles. The molecule has 2 heterocycles. The van der Waals surface area contributed by atoms with Crippen LogP contribution in [0.4, 0.5) is 0 Å². The van der Waals surface area contributed by atoms with Crippen LogP contribution in [0.1, 0.15) is 83.4 Å². The maximum absolute atomic E-state index is 13.0. The van der Waals surface area contributed by atoms with Gasteiger partial charge in [-0.3, -0.25) is 9.69 Å². The Balaban J connectivity index is 1.42. The molecular weight excluding hydrogens is 438 g/mol. The first-order valence-electron chi connectivity index (χ1n) is 13.0. The van der Waals surface area contributed by atoms with E-state index in [9.17, 15) is 4.79 Å². The molecule has 1 aromatic carbocycles. The van der Waals surface area contributed by atoms with Crippen molar-refractivity contribution in [3.05, 3.63) is 52.1 Å². The first-order valence-corrected chi connectivity index (χ1v) is 13.0. The fourth-order valence-corrected chi connectivity index (χ4v) is 5.99. The van der Waals surface area contributed by atoms with Gasteiger partial charge in [-0.1, -0.05) is 42.7 Å². The fourth-order valence-electron chi connectivity index (χ4n) is 5.99. The average Bonchev–Trinajstić information content (AvgIpc) is 3.27. The van der Waals surface area contributed by atoms with Crippen molar-refractivity contribution in [2.75, 3.05) is 27.5 Å². The Morgan fingerprint density at radius 2 is 2.09 bits per heavy atom. The zero-order chi connectivity index (χ0) is 25.2. The van der Waals surface area contributed by atoms with Crippen LogP contribution in [-0.2, 0) is 11.2 Å². The molecule has 190 valence electrons. The molecule has 0 saturated heterocycles. The third-order valence-corrected chi connectivity index (χ3v) is 8.06. The second kappa shape index (κ2) is 10.6. The molecule has 1 aliphatic carbocycles. The molecule has 5 heteroatoms. The van der Waals surface area contributed by atoms with E-state index in [1.807, 2.05) is 6.08 Å². The van der Waals surface area contributed by atoms with E-state index < -0.39 is 0 Å². The van der Waals surface area contributed by atoms with Gasteiger partial charge in [-0.15, -0.1) is 0 Å². The third-order valence-electron chi connectivity index (χ3n) is 8.06. The second-order valence-electron chi connectivity index (χ2n) is 11.0. The lowest BCUT2D eigenvalue weighted by atomic mass is 9.71. The number of fused-ring (bicyclic) bond motifs is 2. The molecule has 0 unspecified atom stereocenters. The molecule has 5 nitrogen and oxygen atoms in total. The van der Waals surface area contributed by atoms with Crippen molar-refractivity contribution in [2.24, 2.45) is 5.41 Å². The molecule has 35 heavy (non-hydrogen) atoms. The number of nitrogens with zero attached hydrogens (tertiary/aromatic N) is 1. The molecule has 3 aliphatic rings. The van der Waals surface area contributed by atoms with Crippen molar-refractivity contribution in [3.8, 4) is 17.2 Å². The Kier molecular flexibility index (Phi) is 7.75. The van der Waals surface area contributed by atoms with E-state index >= 15 is 0 Å². The Bertz CT molecular complexity index is 1060. The van der Waals surface area contributed by atoms with Crippen molar-refractivity contribution in [1.82, 2.24) is 4.90 Å². The Hall–Kier alpha value is -2.53. The summed E-state index contributed by atoms with van der Waals surface area (Å²) >= 11 is 0. The highest BCUT2D eigenvalue weighted by Gasteiger charge is 2.34. The van der Waals surface area contributed by atoms with Crippen molar-refractivity contribution in [3.63, 3.8) is 0 Å². The molecule has 2 aliphatic heterocycles. The number of ether oxygens (including phenoxy) is 3. The Morgan fingerprint density at radius 3 is 2.83 bits per heavy atom. The SMILES string of the molecule is COc1c2c(cc3c1[C@@H](CC(=O)/C=C\C=C(\C)CCC1=C(C)CCCC1(C)C)N(C)CC3)OCO2. The summed E-state index contributed by atoms with van der Waals surface area (Å²) in [7, 11) is 3.73. The van der Waals surface area contributed by atoms with Crippen molar-refractivity contribution in [2.45, 2.75) is 78.7 Å². The summed E-state index contributed by atoms with van der Waals surface area (Å²) < 4.78 is 17.0. The monoisotopic (exact) mass is 479 g/mol. The number of likely N-dealkylation sites (N-methyl/N-ethyl adjacent to an activating group) is 1. The minimum Gasteiger partial charge on any atom is -0.492 e. The van der Waals surface area contributed by atoms with Crippen LogP contribution >= 0.6 is 0 Å². The highest BCUT2D eigenvalue weighted by atomic mass is 16.7. The van der Waals surface area contributed by atoms with Crippen molar-refractivity contribution < 1.29 is 19.0 Å². The topological polar surface area (TPSA) is 48.0 Å². The lowest BCUT2D eigenvalue weighted by Crippen LogP contribution is -2.33. The van der Waals surface area contributed by atoms with Gasteiger partial charge in [-0.05, 0) is 82.5 Å². The van der Waals surface area contributed by atoms with Crippen LogP contribution in [0.25, 0.3) is 0 Å². The molecule has 1 atom stereocenters. The second-order valence-corrected chi connectivity index (χ2v) is 11.0. The van der Waals surface area contributed by atoms with Gasteiger partial charge in [0.1, 0.15) is 0 Å². The van der Waals surface area contributed by atoms with E-state index in [0.717, 1.165) is 37.1 Å². The molecule has 0 spiro atoms. The van der Waals surface area contributed by atoms with E-state index in [0.29, 0.717) is 23.3 Å². The van der Waals surface area contributed by atoms with Gasteiger partial charge >= 0.3 is 0 Å². The number of carbonyl (C=O) groups excluding carboxylic acids is 1. The molecule has 0 fully saturated rings. The summed E-state index contributed by atoms with van der Waals surface area (Å²) in [6.45, 7) is 10.3. The first-order chi connectivity index (χ1) is 16.7. The fraction of sp³-hybridized carbons (Fsp3) is 0.567. The average molecular weight is 480 g/mol. The standard InChI is InChI=1S/C30H41NO4/c1-20(12-13-24-21(2)10-8-15-30(24,3)4)9-7-11-23(32)18-25-27-22(14-16-31(25)5)17-26-28(29(27)33-6)35-19-34-26/h7,9,11,17,25H,8,10,12-16,18-19H2,1-6H3/b11-7-,20-9-/t25-/m1/s1. The van der Waals surface area contributed by atoms with E-state index in [1.165, 1.54) is 30.4 Å². The Morgan fingerprint density at radius 1 is 1.29 bits per heavy atom. The first kappa shape index (κ1) is 25.6. The minimum absolute atomic E-state index is 0.0473. The summed E-state index contributed by atoms with van der Waals surface area (Å²) in [6.07, 6.45) is 13.0. The van der Waals surface area contributed by atoms with Crippen LogP contribution in [0, 0.1) is 5.41 Å². The van der Waals surface area contributed by atoms with Crippen molar-refractivity contribution in [1.29, 1.82) is 0 Å². The van der Waals surface area contributed by atoms with Crippen LogP contribution in [0.5, 0.6) is 17.2 Å². The van der Waals surface area contributed by atoms with Gasteiger partial charge in [-0.25, -0.2) is 0 Å². The molecule has 0 bridgehead atoms. The van der Waals surface area contributed by atoms with Crippen LogP contribution < -0.4 is 14.2 Å². The summed E-state index contributed by atoms with van der Waals surface area (Å²) in [5.41, 5.74) is 7.06. The maximum atomic E-state index is 13.0. The number of carbonyl (C=O) groups is 1. The summed E-state index contributed by atoms with van der Waals surface area (Å²) in [4.78, 5) is 15.2. The third kappa shape index (κ3) is 5.50. The number of rotatable bonds is 8. The number of ketones is 1. The Labute approximate surface area is 210 Å². The summed E-state index contributed by atoms with van der Waals surface area (Å²) in [6, 6.07) is 2.01. The molecule has 0 amide bonds. The van der Waals surface area contributed by atoms with Gasteiger partial charge in [0.15, 0.2) is 17.3 Å². The predicted octanol–water partition coefficient (Wildman–Crippen LogP) is 6.72. The molecule has 0 radical (unpaired) electrons. The quantitative estimate of drug-likeness (QED) is 0.235. The number of allylic oxidation sites excluding steroid dienone is 6. The van der Waals surface area contributed by atoms with Crippen LogP contribution in [0.2, 0.25) is 0 Å². The smallest absolute Gasteiger partial charge is 0.231 e. The van der Waals surface area contributed by atoms with Crippen LogP contribution in [0.3, 0.4) is 0 Å². The van der Waals surface area contributed by atoms with Gasteiger partial charge in [0.2, 0.25) is 12.5 Å². The van der Waals surface area contributed by atoms with E-state index in [2.05, 4.69) is 51.8 Å². The number of benzene rings is 1. The van der Waals surface area contributed by atoms with Crippen LogP contribution in [0.15, 0.2) is 41.0 Å². The number of hydrogen-bond donors (Lipinski definition) is 0. The lowest BCUT2D eigenvalue weighted by Gasteiger charge is -2.35. The van der Waals surface area contributed by atoms with Gasteiger partial charge in [0.25, 0.3) is 0 Å². The minimum atomic E-state index is -0.0473. The van der Waals surface area contributed by atoms with Gasteiger partial charge in [-0.2, -0.15) is 0 Å². The van der Waals surface area contributed by atoms with Gasteiger partial charge in [0.05, 0.1) is 7.11 Å². The molecule has 4 rings (SSSR count). The van der Waals surface area contributed by atoms with Gasteiger partial charge < -0.3 is 14.2 Å². The van der Waals surface area contributed by atoms with Crippen molar-refractivity contribution >= 4 is 5.78 Å². The lowest BCUT2D eigenvalue weighted by molar-refractivity contribution is -0.115. The molecule has 0 N–H and O–H groups in total. The summed E-state index contributed by atoms with van der Waals surface area (Å²) in [5, 5.41) is 0. The summed E-state index contributed by atoms with van der Waals surface area (Å²) in [5.74, 6) is 2.21. The molecule has 0 aromatic heterocycles. The predicted molar refractivity (Wildman–Crippen MR) is 140 cm³/mol. The highest BCUT2D eigenvalue weighted by Crippen LogP contribution is 2.50. The van der Waals surface area contributed by atoms with E-state index in [4.69, 9.17) is 14.2 Å². The number of methoxy groups -OCH3 is 1. The highest BCUT2D eigenvalue weighted by molar-refractivity contribution is 5.90. The molecular formula is C30H41NO4.